The fourth-order valence-corrected chi connectivity index (χ4v) is 3.57. The summed E-state index contributed by atoms with van der Waals surface area (Å²) in [6.07, 6.45) is -2.71. The number of halogens is 3. The maximum atomic E-state index is 12.1. The van der Waals surface area contributed by atoms with E-state index in [4.69, 9.17) is 0 Å². The molecule has 2 aliphatic rings. The van der Waals surface area contributed by atoms with Gasteiger partial charge in [0.25, 0.3) is 0 Å². The van der Waals surface area contributed by atoms with E-state index < -0.39 is 12.5 Å². The second-order valence-electron chi connectivity index (χ2n) is 6.93. The summed E-state index contributed by atoms with van der Waals surface area (Å²) in [5.74, 6) is 2.53. The molecule has 0 aromatic rings. The van der Waals surface area contributed by atoms with E-state index in [1.54, 1.807) is 0 Å². The fourth-order valence-electron chi connectivity index (χ4n) is 3.57. The Morgan fingerprint density at radius 3 is 2.00 bits per heavy atom. The zero-order chi connectivity index (χ0) is 13.7. The number of rotatable bonds is 4. The minimum Gasteiger partial charge on any atom is -0.289 e. The highest BCUT2D eigenvalue weighted by atomic mass is 19.4. The fraction of sp³-hybridized carbons (Fsp3) is 1.00. The van der Waals surface area contributed by atoms with Crippen LogP contribution >= 0.6 is 0 Å². The smallest absolute Gasteiger partial charge is 0.289 e. The van der Waals surface area contributed by atoms with Gasteiger partial charge in [-0.15, -0.1) is 13.2 Å². The molecule has 2 atom stereocenters. The second kappa shape index (κ2) is 4.39. The number of hydrogen-bond donors (Lipinski definition) is 0. The van der Waals surface area contributed by atoms with Crippen LogP contribution in [0.3, 0.4) is 0 Å². The van der Waals surface area contributed by atoms with E-state index in [0.717, 1.165) is 5.92 Å². The van der Waals surface area contributed by atoms with Gasteiger partial charge in [0.1, 0.15) is 0 Å². The molecule has 0 aromatic heterocycles. The van der Waals surface area contributed by atoms with Crippen LogP contribution in [0, 0.1) is 29.1 Å². The molecule has 0 radical (unpaired) electrons. The van der Waals surface area contributed by atoms with Gasteiger partial charge in [0.2, 0.25) is 0 Å². The lowest BCUT2D eigenvalue weighted by molar-refractivity contribution is -0.356. The van der Waals surface area contributed by atoms with E-state index in [-0.39, 0.29) is 5.41 Å². The molecular weight excluding hydrogens is 241 g/mol. The number of ether oxygens (including phenoxy) is 1. The molecule has 0 bridgehead atoms. The quantitative estimate of drug-likeness (QED) is 0.720. The Hall–Kier alpha value is -0.250. The van der Waals surface area contributed by atoms with Crippen molar-refractivity contribution in [1.29, 1.82) is 0 Å². The maximum absolute atomic E-state index is 12.1. The van der Waals surface area contributed by atoms with Crippen LogP contribution in [-0.4, -0.2) is 12.5 Å². The molecule has 106 valence electrons. The first kappa shape index (κ1) is 14.2. The van der Waals surface area contributed by atoms with Gasteiger partial charge in [-0.25, -0.2) is 0 Å². The van der Waals surface area contributed by atoms with Crippen molar-refractivity contribution in [3.05, 3.63) is 0 Å². The molecule has 2 fully saturated rings. The molecule has 0 saturated heterocycles. The maximum Gasteiger partial charge on any atom is 0.522 e. The molecule has 4 heteroatoms. The Morgan fingerprint density at radius 1 is 1.06 bits per heavy atom. The van der Waals surface area contributed by atoms with E-state index in [0.29, 0.717) is 30.6 Å². The summed E-state index contributed by atoms with van der Waals surface area (Å²) in [5, 5.41) is 0. The standard InChI is InChI=1S/C14H23F3O/c1-8(2)11-7-12(11)13(3,4)9-5-10(6-9)18-14(15,16)17/h8-12H,5-7H2,1-4H3/t9-,10+,11?,12?. The van der Waals surface area contributed by atoms with Crippen molar-refractivity contribution in [3.8, 4) is 0 Å². The molecule has 2 saturated carbocycles. The molecule has 0 heterocycles. The van der Waals surface area contributed by atoms with Crippen LogP contribution in [0.4, 0.5) is 13.2 Å². The SMILES string of the molecule is CC(C)C1CC1C(C)(C)[C@H]1C[C@@H](OC(F)(F)F)C1. The first-order valence-corrected chi connectivity index (χ1v) is 6.85. The first-order valence-electron chi connectivity index (χ1n) is 6.85. The van der Waals surface area contributed by atoms with E-state index in [9.17, 15) is 13.2 Å². The van der Waals surface area contributed by atoms with Gasteiger partial charge < -0.3 is 0 Å². The molecule has 18 heavy (non-hydrogen) atoms. The van der Waals surface area contributed by atoms with Gasteiger partial charge in [-0.2, -0.15) is 0 Å². The van der Waals surface area contributed by atoms with Gasteiger partial charge in [-0.05, 0) is 48.3 Å². The van der Waals surface area contributed by atoms with Crippen molar-refractivity contribution in [3.63, 3.8) is 0 Å². The second-order valence-corrected chi connectivity index (χ2v) is 6.93. The van der Waals surface area contributed by atoms with Crippen LogP contribution in [-0.2, 0) is 4.74 Å². The van der Waals surface area contributed by atoms with Crippen LogP contribution in [0.2, 0.25) is 0 Å². The van der Waals surface area contributed by atoms with E-state index in [1.165, 1.54) is 6.42 Å². The van der Waals surface area contributed by atoms with Crippen LogP contribution in [0.15, 0.2) is 0 Å². The molecule has 1 nitrogen and oxygen atoms in total. The third-order valence-electron chi connectivity index (χ3n) is 5.10. The Balaban J connectivity index is 1.81. The van der Waals surface area contributed by atoms with Crippen LogP contribution in [0.5, 0.6) is 0 Å². The van der Waals surface area contributed by atoms with Crippen molar-refractivity contribution >= 4 is 0 Å². The molecule has 0 N–H and O–H groups in total. The van der Waals surface area contributed by atoms with Crippen LogP contribution in [0.1, 0.15) is 47.0 Å². The minimum atomic E-state index is -4.47. The Morgan fingerprint density at radius 2 is 1.61 bits per heavy atom. The van der Waals surface area contributed by atoms with Crippen molar-refractivity contribution in [2.75, 3.05) is 0 Å². The van der Waals surface area contributed by atoms with Gasteiger partial charge in [-0.3, -0.25) is 4.74 Å². The third-order valence-corrected chi connectivity index (χ3v) is 5.10. The molecule has 2 aliphatic carbocycles. The Labute approximate surface area is 107 Å². The summed E-state index contributed by atoms with van der Waals surface area (Å²) in [7, 11) is 0. The average Bonchev–Trinajstić information content (AvgIpc) is 2.87. The molecule has 0 amide bonds. The zero-order valence-electron chi connectivity index (χ0n) is 11.6. The predicted molar refractivity (Wildman–Crippen MR) is 63.9 cm³/mol. The van der Waals surface area contributed by atoms with Crippen molar-refractivity contribution in [1.82, 2.24) is 0 Å². The topological polar surface area (TPSA) is 9.23 Å². The molecular formula is C14H23F3O. The van der Waals surface area contributed by atoms with E-state index >= 15 is 0 Å². The largest absolute Gasteiger partial charge is 0.522 e. The van der Waals surface area contributed by atoms with Gasteiger partial charge in [0, 0.05) is 0 Å². The summed E-state index contributed by atoms with van der Waals surface area (Å²) in [5.41, 5.74) is 0.167. The summed E-state index contributed by atoms with van der Waals surface area (Å²) >= 11 is 0. The first-order chi connectivity index (χ1) is 8.11. The Bertz CT molecular complexity index is 303. The van der Waals surface area contributed by atoms with Crippen molar-refractivity contribution < 1.29 is 17.9 Å². The monoisotopic (exact) mass is 264 g/mol. The highest BCUT2D eigenvalue weighted by molar-refractivity contribution is 5.03. The van der Waals surface area contributed by atoms with Crippen molar-refractivity contribution in [2.24, 2.45) is 29.1 Å². The van der Waals surface area contributed by atoms with Gasteiger partial charge in [0.05, 0.1) is 6.10 Å². The highest BCUT2D eigenvalue weighted by Crippen LogP contribution is 2.61. The van der Waals surface area contributed by atoms with Crippen molar-refractivity contribution in [2.45, 2.75) is 59.4 Å². The lowest BCUT2D eigenvalue weighted by Gasteiger charge is -2.46. The predicted octanol–water partition coefficient (Wildman–Crippen LogP) is 4.62. The zero-order valence-corrected chi connectivity index (χ0v) is 11.6. The number of alkyl halides is 3. The number of hydrogen-bond acceptors (Lipinski definition) is 1. The molecule has 0 aromatic carbocycles. The molecule has 0 spiro atoms. The summed E-state index contributed by atoms with van der Waals surface area (Å²) < 4.78 is 40.3. The minimum absolute atomic E-state index is 0.167. The average molecular weight is 264 g/mol. The lowest BCUT2D eigenvalue weighted by atomic mass is 9.63. The van der Waals surface area contributed by atoms with E-state index in [2.05, 4.69) is 32.4 Å². The summed E-state index contributed by atoms with van der Waals surface area (Å²) in [6, 6.07) is 0. The normalized spacial score (nSPS) is 36.7. The van der Waals surface area contributed by atoms with Crippen LogP contribution in [0.25, 0.3) is 0 Å². The molecule has 2 rings (SSSR count). The Kier molecular flexibility index (Phi) is 3.46. The molecule has 0 aliphatic heterocycles. The van der Waals surface area contributed by atoms with Gasteiger partial charge in [0.15, 0.2) is 0 Å². The highest BCUT2D eigenvalue weighted by Gasteiger charge is 2.55. The van der Waals surface area contributed by atoms with Crippen LogP contribution < -0.4 is 0 Å². The van der Waals surface area contributed by atoms with Gasteiger partial charge in [-0.1, -0.05) is 27.7 Å². The summed E-state index contributed by atoms with van der Waals surface area (Å²) in [6.45, 7) is 8.90. The summed E-state index contributed by atoms with van der Waals surface area (Å²) in [4.78, 5) is 0. The molecule has 2 unspecified atom stereocenters. The lowest BCUT2D eigenvalue weighted by Crippen LogP contribution is -2.43. The van der Waals surface area contributed by atoms with E-state index in [1.807, 2.05) is 0 Å². The van der Waals surface area contributed by atoms with Gasteiger partial charge >= 0.3 is 6.36 Å². The third kappa shape index (κ3) is 2.84.